The maximum absolute atomic E-state index is 13.9. The molecular formula is C30H32N2O5. The van der Waals surface area contributed by atoms with E-state index < -0.39 is 24.0 Å². The van der Waals surface area contributed by atoms with Crippen molar-refractivity contribution in [2.45, 2.75) is 39.4 Å². The first-order chi connectivity index (χ1) is 17.9. The number of hydroxylamine groups is 2. The maximum atomic E-state index is 13.9. The smallest absolute Gasteiger partial charge is 0.416 e. The molecule has 4 rings (SSSR count). The number of hydrogen-bond donors (Lipinski definition) is 0. The van der Waals surface area contributed by atoms with Gasteiger partial charge in [0.1, 0.15) is 6.61 Å². The molecule has 1 aliphatic rings. The number of benzene rings is 3. The van der Waals surface area contributed by atoms with Crippen LogP contribution in [0.3, 0.4) is 0 Å². The van der Waals surface area contributed by atoms with Crippen LogP contribution in [0.5, 0.6) is 0 Å². The predicted molar refractivity (Wildman–Crippen MR) is 139 cm³/mol. The van der Waals surface area contributed by atoms with Crippen molar-refractivity contribution in [3.63, 3.8) is 0 Å². The highest BCUT2D eigenvalue weighted by Crippen LogP contribution is 2.34. The minimum atomic E-state index is -0.735. The summed E-state index contributed by atoms with van der Waals surface area (Å²) in [4.78, 5) is 46.9. The number of cyclic esters (lactones) is 1. The van der Waals surface area contributed by atoms with Crippen LogP contribution < -0.4 is 0 Å². The van der Waals surface area contributed by atoms with Crippen molar-refractivity contribution in [2.75, 3.05) is 6.61 Å². The van der Waals surface area contributed by atoms with Gasteiger partial charge < -0.3 is 9.57 Å². The van der Waals surface area contributed by atoms with E-state index in [0.29, 0.717) is 5.56 Å². The molecule has 3 aromatic carbocycles. The summed E-state index contributed by atoms with van der Waals surface area (Å²) in [5.41, 5.74) is 2.09. The molecule has 1 fully saturated rings. The summed E-state index contributed by atoms with van der Waals surface area (Å²) < 4.78 is 5.24. The summed E-state index contributed by atoms with van der Waals surface area (Å²) in [6, 6.07) is 26.7. The fourth-order valence-corrected chi connectivity index (χ4v) is 4.57. The third-order valence-corrected chi connectivity index (χ3v) is 6.62. The molecule has 0 radical (unpaired) electrons. The highest BCUT2D eigenvalue weighted by molar-refractivity contribution is 5.95. The molecule has 1 saturated heterocycles. The molecule has 2 amide bonds. The Balaban J connectivity index is 1.73. The van der Waals surface area contributed by atoms with E-state index in [1.165, 1.54) is 4.90 Å². The zero-order valence-corrected chi connectivity index (χ0v) is 21.3. The van der Waals surface area contributed by atoms with Crippen LogP contribution in [0.25, 0.3) is 0 Å². The van der Waals surface area contributed by atoms with Crippen molar-refractivity contribution in [3.8, 4) is 0 Å². The number of amides is 2. The topological polar surface area (TPSA) is 76.2 Å². The Morgan fingerprint density at radius 2 is 1.49 bits per heavy atom. The first-order valence-electron chi connectivity index (χ1n) is 12.5. The van der Waals surface area contributed by atoms with Gasteiger partial charge in [-0.2, -0.15) is 0 Å². The second kappa shape index (κ2) is 11.8. The predicted octanol–water partition coefficient (Wildman–Crippen LogP) is 5.64. The third kappa shape index (κ3) is 6.06. The van der Waals surface area contributed by atoms with E-state index in [1.54, 1.807) is 36.3 Å². The number of carbonyl (C=O) groups is 3. The van der Waals surface area contributed by atoms with Crippen molar-refractivity contribution < 1.29 is 24.0 Å². The number of carbonyl (C=O) groups excluding carboxylic acids is 3. The van der Waals surface area contributed by atoms with E-state index in [2.05, 4.69) is 0 Å². The van der Waals surface area contributed by atoms with Crippen molar-refractivity contribution in [1.29, 1.82) is 0 Å². The Morgan fingerprint density at radius 1 is 0.919 bits per heavy atom. The summed E-state index contributed by atoms with van der Waals surface area (Å²) in [5.74, 6) is -1.60. The van der Waals surface area contributed by atoms with E-state index in [9.17, 15) is 14.4 Å². The summed E-state index contributed by atoms with van der Waals surface area (Å²) in [6.45, 7) is 6.08. The Bertz CT molecular complexity index is 1200. The van der Waals surface area contributed by atoms with Gasteiger partial charge in [-0.05, 0) is 29.2 Å². The van der Waals surface area contributed by atoms with Crippen LogP contribution in [-0.4, -0.2) is 40.6 Å². The molecular weight excluding hydrogens is 468 g/mol. The lowest BCUT2D eigenvalue weighted by molar-refractivity contribution is -0.169. The summed E-state index contributed by atoms with van der Waals surface area (Å²) in [5, 5.41) is 1.55. The normalized spacial score (nSPS) is 16.9. The molecule has 0 aromatic heterocycles. The van der Waals surface area contributed by atoms with E-state index in [4.69, 9.17) is 9.57 Å². The fourth-order valence-electron chi connectivity index (χ4n) is 4.57. The standard InChI is InChI=1S/C30H32N2O5/c1-21(2)26-20-36-30(35)32(26)28(33)22(3)27(24-15-9-5-10-16-24)31(19-23-13-7-4-8-14-23)37-29(34)25-17-11-6-12-18-25/h4-18,21-22,26-27H,19-20H2,1-3H3/t22-,26-,27+/m1/s1. The lowest BCUT2D eigenvalue weighted by Crippen LogP contribution is -2.48. The monoisotopic (exact) mass is 500 g/mol. The van der Waals surface area contributed by atoms with Gasteiger partial charge in [0.25, 0.3) is 0 Å². The number of ether oxygens (including phenoxy) is 1. The first kappa shape index (κ1) is 26.1. The number of hydrogen-bond acceptors (Lipinski definition) is 6. The van der Waals surface area contributed by atoms with Crippen molar-refractivity contribution >= 4 is 18.0 Å². The molecule has 0 spiro atoms. The number of imide groups is 1. The molecule has 7 heteroatoms. The quantitative estimate of drug-likeness (QED) is 0.354. The van der Waals surface area contributed by atoms with Gasteiger partial charge in [-0.15, -0.1) is 5.06 Å². The molecule has 37 heavy (non-hydrogen) atoms. The molecule has 1 aliphatic heterocycles. The molecule has 0 bridgehead atoms. The SMILES string of the molecule is CC(C)[C@H]1COC(=O)N1C(=O)[C@H](C)[C@@H](c1ccccc1)N(Cc1ccccc1)OC(=O)c1ccccc1. The second-order valence-electron chi connectivity index (χ2n) is 9.55. The zero-order chi connectivity index (χ0) is 26.4. The molecule has 3 aromatic rings. The zero-order valence-electron chi connectivity index (χ0n) is 21.3. The molecule has 0 saturated carbocycles. The van der Waals surface area contributed by atoms with Gasteiger partial charge in [0.2, 0.25) is 5.91 Å². The fraction of sp³-hybridized carbons (Fsp3) is 0.300. The van der Waals surface area contributed by atoms with E-state index in [-0.39, 0.29) is 31.0 Å². The Kier molecular flexibility index (Phi) is 8.36. The van der Waals surface area contributed by atoms with Gasteiger partial charge in [-0.1, -0.05) is 99.6 Å². The highest BCUT2D eigenvalue weighted by atomic mass is 16.7. The summed E-state index contributed by atoms with van der Waals surface area (Å²) in [6.07, 6.45) is -0.641. The van der Waals surface area contributed by atoms with Gasteiger partial charge >= 0.3 is 12.1 Å². The van der Waals surface area contributed by atoms with Crippen LogP contribution in [0.2, 0.25) is 0 Å². The van der Waals surface area contributed by atoms with Crippen molar-refractivity contribution in [3.05, 3.63) is 108 Å². The minimum absolute atomic E-state index is 0.0362. The molecule has 7 nitrogen and oxygen atoms in total. The van der Waals surface area contributed by atoms with Gasteiger partial charge in [0, 0.05) is 0 Å². The van der Waals surface area contributed by atoms with Crippen LogP contribution in [0.4, 0.5) is 4.79 Å². The second-order valence-corrected chi connectivity index (χ2v) is 9.55. The summed E-state index contributed by atoms with van der Waals surface area (Å²) in [7, 11) is 0. The lowest BCUT2D eigenvalue weighted by Gasteiger charge is -2.35. The lowest BCUT2D eigenvalue weighted by atomic mass is 9.91. The van der Waals surface area contributed by atoms with Crippen molar-refractivity contribution in [1.82, 2.24) is 9.96 Å². The van der Waals surface area contributed by atoms with E-state index in [0.717, 1.165) is 11.1 Å². The van der Waals surface area contributed by atoms with Crippen molar-refractivity contribution in [2.24, 2.45) is 11.8 Å². The molecule has 0 aliphatic carbocycles. The molecule has 0 unspecified atom stereocenters. The largest absolute Gasteiger partial charge is 0.447 e. The summed E-state index contributed by atoms with van der Waals surface area (Å²) >= 11 is 0. The minimum Gasteiger partial charge on any atom is -0.447 e. The Hall–Kier alpha value is -3.97. The molecule has 0 N–H and O–H groups in total. The van der Waals surface area contributed by atoms with Gasteiger partial charge in [-0.25, -0.2) is 14.5 Å². The van der Waals surface area contributed by atoms with Crippen LogP contribution in [0, 0.1) is 11.8 Å². The molecule has 1 heterocycles. The van der Waals surface area contributed by atoms with Gasteiger partial charge in [0.15, 0.2) is 0 Å². The third-order valence-electron chi connectivity index (χ3n) is 6.62. The average Bonchev–Trinajstić information content (AvgIpc) is 3.31. The number of nitrogens with zero attached hydrogens (tertiary/aromatic N) is 2. The van der Waals surface area contributed by atoms with Gasteiger partial charge in [-0.3, -0.25) is 4.79 Å². The average molecular weight is 501 g/mol. The van der Waals surface area contributed by atoms with Crippen LogP contribution in [0.15, 0.2) is 91.0 Å². The molecule has 3 atom stereocenters. The Labute approximate surface area is 217 Å². The Morgan fingerprint density at radius 3 is 2.08 bits per heavy atom. The maximum Gasteiger partial charge on any atom is 0.416 e. The van der Waals surface area contributed by atoms with Gasteiger partial charge in [0.05, 0.1) is 30.1 Å². The van der Waals surface area contributed by atoms with Crippen LogP contribution in [-0.2, 0) is 20.9 Å². The van der Waals surface area contributed by atoms with E-state index in [1.807, 2.05) is 80.6 Å². The van der Waals surface area contributed by atoms with Crippen LogP contribution >= 0.6 is 0 Å². The molecule has 192 valence electrons. The first-order valence-corrected chi connectivity index (χ1v) is 12.5. The van der Waals surface area contributed by atoms with Crippen LogP contribution in [0.1, 0.15) is 48.3 Å². The number of rotatable bonds is 9. The highest BCUT2D eigenvalue weighted by Gasteiger charge is 2.44. The van der Waals surface area contributed by atoms with E-state index >= 15 is 0 Å².